The molecule has 0 bridgehead atoms. The van der Waals surface area contributed by atoms with Crippen LogP contribution in [0.3, 0.4) is 0 Å². The Bertz CT molecular complexity index is 678. The van der Waals surface area contributed by atoms with E-state index >= 15 is 0 Å². The maximum absolute atomic E-state index is 12.9. The molecule has 2 aliphatic rings. The van der Waals surface area contributed by atoms with Gasteiger partial charge in [0.2, 0.25) is 0 Å². The first-order chi connectivity index (χ1) is 11.8. The quantitative estimate of drug-likeness (QED) is 0.820. The number of amides is 1. The second-order valence-corrected chi connectivity index (χ2v) is 6.21. The summed E-state index contributed by atoms with van der Waals surface area (Å²) in [6.45, 7) is 5.54. The Hall–Kier alpha value is -2.19. The molecule has 0 saturated carbocycles. The molecule has 2 aromatic rings. The van der Waals surface area contributed by atoms with Crippen molar-refractivity contribution < 1.29 is 13.9 Å². The molecular weight excluding hydrogens is 310 g/mol. The van der Waals surface area contributed by atoms with Gasteiger partial charge in [0.1, 0.15) is 6.26 Å². The molecule has 0 aromatic carbocycles. The van der Waals surface area contributed by atoms with Gasteiger partial charge in [-0.05, 0) is 12.5 Å². The number of morpholine rings is 1. The van der Waals surface area contributed by atoms with Crippen LogP contribution in [0.2, 0.25) is 0 Å². The van der Waals surface area contributed by atoms with Crippen LogP contribution in [0.25, 0.3) is 0 Å². The molecule has 1 atom stereocenters. The zero-order valence-corrected chi connectivity index (χ0v) is 13.5. The molecule has 1 saturated heterocycles. The highest BCUT2D eigenvalue weighted by atomic mass is 16.5. The molecule has 24 heavy (non-hydrogen) atoms. The molecule has 8 heteroatoms. The topological polar surface area (TPSA) is 76.6 Å². The predicted octanol–water partition coefficient (Wildman–Crippen LogP) is 0.618. The van der Waals surface area contributed by atoms with E-state index in [1.807, 2.05) is 15.6 Å². The van der Waals surface area contributed by atoms with Gasteiger partial charge in [-0.25, -0.2) is 4.98 Å². The number of fused-ring (bicyclic) bond motifs is 1. The number of ether oxygens (including phenoxy) is 1. The molecule has 2 aromatic heterocycles. The first-order valence-electron chi connectivity index (χ1n) is 8.31. The molecule has 4 heterocycles. The summed E-state index contributed by atoms with van der Waals surface area (Å²) in [5, 5.41) is 4.37. The molecular formula is C16H21N5O3. The monoisotopic (exact) mass is 331 g/mol. The van der Waals surface area contributed by atoms with Crippen molar-refractivity contribution in [3.8, 4) is 0 Å². The van der Waals surface area contributed by atoms with E-state index in [2.05, 4.69) is 15.0 Å². The first-order valence-corrected chi connectivity index (χ1v) is 8.31. The molecule has 1 amide bonds. The third-order valence-corrected chi connectivity index (χ3v) is 4.74. The van der Waals surface area contributed by atoms with E-state index in [4.69, 9.17) is 9.15 Å². The molecule has 128 valence electrons. The van der Waals surface area contributed by atoms with Crippen LogP contribution in [0, 0.1) is 0 Å². The zero-order chi connectivity index (χ0) is 16.4. The van der Waals surface area contributed by atoms with Crippen LogP contribution in [0.1, 0.15) is 22.6 Å². The molecule has 8 nitrogen and oxygen atoms in total. The molecule has 4 rings (SSSR count). The minimum absolute atomic E-state index is 0.0864. The Morgan fingerprint density at radius 3 is 2.96 bits per heavy atom. The van der Waals surface area contributed by atoms with Gasteiger partial charge in [-0.15, -0.1) is 0 Å². The minimum atomic E-state index is -0.0864. The minimum Gasteiger partial charge on any atom is -0.451 e. The van der Waals surface area contributed by atoms with Crippen molar-refractivity contribution in [2.75, 3.05) is 32.8 Å². The third-order valence-electron chi connectivity index (χ3n) is 4.74. The highest BCUT2D eigenvalue weighted by molar-refractivity contribution is 5.92. The fourth-order valence-corrected chi connectivity index (χ4v) is 3.40. The Kier molecular flexibility index (Phi) is 4.31. The number of hydrogen-bond donors (Lipinski definition) is 0. The lowest BCUT2D eigenvalue weighted by Crippen LogP contribution is -2.49. The Balaban J connectivity index is 1.57. The van der Waals surface area contributed by atoms with Gasteiger partial charge in [-0.2, -0.15) is 5.10 Å². The number of oxazole rings is 1. The largest absolute Gasteiger partial charge is 0.451 e. The van der Waals surface area contributed by atoms with E-state index in [0.717, 1.165) is 51.5 Å². The lowest BCUT2D eigenvalue weighted by molar-refractivity contribution is 0.0201. The van der Waals surface area contributed by atoms with Gasteiger partial charge in [-0.1, -0.05) is 0 Å². The van der Waals surface area contributed by atoms with Crippen molar-refractivity contribution in [1.29, 1.82) is 0 Å². The number of rotatable bonds is 3. The van der Waals surface area contributed by atoms with E-state index in [1.165, 1.54) is 12.7 Å². The summed E-state index contributed by atoms with van der Waals surface area (Å²) >= 11 is 0. The molecule has 0 aliphatic carbocycles. The van der Waals surface area contributed by atoms with Crippen LogP contribution in [-0.2, 0) is 17.8 Å². The van der Waals surface area contributed by atoms with Gasteiger partial charge in [0.25, 0.3) is 5.91 Å². The lowest BCUT2D eigenvalue weighted by Gasteiger charge is -2.35. The average molecular weight is 331 g/mol. The lowest BCUT2D eigenvalue weighted by atomic mass is 10.1. The fourth-order valence-electron chi connectivity index (χ4n) is 3.40. The van der Waals surface area contributed by atoms with E-state index in [9.17, 15) is 4.79 Å². The summed E-state index contributed by atoms with van der Waals surface area (Å²) in [6.07, 6.45) is 5.37. The summed E-state index contributed by atoms with van der Waals surface area (Å²) in [5.41, 5.74) is 1.41. The summed E-state index contributed by atoms with van der Waals surface area (Å²) < 4.78 is 12.4. The molecule has 0 N–H and O–H groups in total. The van der Waals surface area contributed by atoms with Gasteiger partial charge in [0, 0.05) is 38.4 Å². The number of aromatic nitrogens is 3. The SMILES string of the molecule is O=C(c1cocn1)N1Cc2ccnn2CCC1CN1CCOCC1. The molecule has 0 spiro atoms. The van der Waals surface area contributed by atoms with Crippen LogP contribution in [0.5, 0.6) is 0 Å². The summed E-state index contributed by atoms with van der Waals surface area (Å²) in [5.74, 6) is -0.0864. The van der Waals surface area contributed by atoms with E-state index in [1.54, 1.807) is 6.20 Å². The summed E-state index contributed by atoms with van der Waals surface area (Å²) in [6, 6.07) is 2.09. The van der Waals surface area contributed by atoms with Crippen molar-refractivity contribution in [2.45, 2.75) is 25.6 Å². The van der Waals surface area contributed by atoms with Crippen molar-refractivity contribution in [3.05, 3.63) is 36.3 Å². The van der Waals surface area contributed by atoms with Crippen molar-refractivity contribution in [2.24, 2.45) is 0 Å². The van der Waals surface area contributed by atoms with Gasteiger partial charge >= 0.3 is 0 Å². The number of nitrogens with zero attached hydrogens (tertiary/aromatic N) is 5. The smallest absolute Gasteiger partial charge is 0.276 e. The zero-order valence-electron chi connectivity index (χ0n) is 13.5. The van der Waals surface area contributed by atoms with Gasteiger partial charge < -0.3 is 14.1 Å². The second kappa shape index (κ2) is 6.74. The molecule has 1 fully saturated rings. The normalized spacial score (nSPS) is 22.2. The van der Waals surface area contributed by atoms with Crippen LogP contribution < -0.4 is 0 Å². The van der Waals surface area contributed by atoms with Crippen LogP contribution in [-0.4, -0.2) is 69.4 Å². The summed E-state index contributed by atoms with van der Waals surface area (Å²) in [4.78, 5) is 21.2. The highest BCUT2D eigenvalue weighted by Gasteiger charge is 2.31. The average Bonchev–Trinajstić information content (AvgIpc) is 3.26. The van der Waals surface area contributed by atoms with Gasteiger partial charge in [0.05, 0.1) is 25.5 Å². The van der Waals surface area contributed by atoms with E-state index in [-0.39, 0.29) is 11.9 Å². The van der Waals surface area contributed by atoms with Crippen LogP contribution in [0.4, 0.5) is 0 Å². The van der Waals surface area contributed by atoms with Gasteiger partial charge in [-0.3, -0.25) is 14.4 Å². The maximum Gasteiger partial charge on any atom is 0.276 e. The predicted molar refractivity (Wildman–Crippen MR) is 84.3 cm³/mol. The third kappa shape index (κ3) is 3.07. The van der Waals surface area contributed by atoms with Crippen LogP contribution in [0.15, 0.2) is 29.3 Å². The molecule has 2 aliphatic heterocycles. The van der Waals surface area contributed by atoms with E-state index in [0.29, 0.717) is 12.2 Å². The number of aryl methyl sites for hydroxylation is 1. The van der Waals surface area contributed by atoms with Crippen molar-refractivity contribution >= 4 is 5.91 Å². The van der Waals surface area contributed by atoms with Crippen molar-refractivity contribution in [3.63, 3.8) is 0 Å². The first kappa shape index (κ1) is 15.3. The number of hydrogen-bond acceptors (Lipinski definition) is 6. The summed E-state index contributed by atoms with van der Waals surface area (Å²) in [7, 11) is 0. The maximum atomic E-state index is 12.9. The molecule has 1 unspecified atom stereocenters. The van der Waals surface area contributed by atoms with Gasteiger partial charge in [0.15, 0.2) is 12.1 Å². The van der Waals surface area contributed by atoms with E-state index < -0.39 is 0 Å². The highest BCUT2D eigenvalue weighted by Crippen LogP contribution is 2.20. The second-order valence-electron chi connectivity index (χ2n) is 6.21. The Morgan fingerprint density at radius 2 is 2.17 bits per heavy atom. The molecule has 0 radical (unpaired) electrons. The van der Waals surface area contributed by atoms with Crippen LogP contribution >= 0.6 is 0 Å². The fraction of sp³-hybridized carbons (Fsp3) is 0.562. The standard InChI is InChI=1S/C16H21N5O3/c22-16(15-11-24-12-17-15)20-10-14-1-3-18-21(14)4-2-13(20)9-19-5-7-23-8-6-19/h1,3,11-13H,2,4-10H2. The van der Waals surface area contributed by atoms with Crippen molar-refractivity contribution in [1.82, 2.24) is 24.6 Å². The Labute approximate surface area is 140 Å². The number of carbonyl (C=O) groups is 1. The Morgan fingerprint density at radius 1 is 1.29 bits per heavy atom. The number of carbonyl (C=O) groups excluding carboxylic acids is 1.